The highest BCUT2D eigenvalue weighted by atomic mass is 19.1. The topological polar surface area (TPSA) is 51.7 Å². The fourth-order valence-electron chi connectivity index (χ4n) is 5.54. The van der Waals surface area contributed by atoms with Crippen LogP contribution in [0.4, 0.5) is 17.6 Å². The van der Waals surface area contributed by atoms with Crippen LogP contribution in [0.5, 0.6) is 5.75 Å². The van der Waals surface area contributed by atoms with Crippen LogP contribution in [0.2, 0.25) is 0 Å². The molecular weight excluding hydrogens is 474 g/mol. The van der Waals surface area contributed by atoms with Crippen LogP contribution in [0.25, 0.3) is 10.9 Å². The number of rotatable bonds is 9. The Morgan fingerprint density at radius 1 is 1.17 bits per heavy atom. The van der Waals surface area contributed by atoms with Gasteiger partial charge in [-0.25, -0.2) is 13.2 Å². The van der Waals surface area contributed by atoms with Gasteiger partial charge in [0.15, 0.2) is 0 Å². The molecule has 2 aromatic carbocycles. The number of hydrogen-bond acceptors (Lipinski definition) is 4. The number of hydrogen-bond donors (Lipinski definition) is 2. The number of ether oxygens (including phenoxy) is 1. The fraction of sp³-hybridized carbons (Fsp3) is 0.481. The summed E-state index contributed by atoms with van der Waals surface area (Å²) in [5, 5.41) is 10.3. The van der Waals surface area contributed by atoms with E-state index in [0.717, 1.165) is 28.6 Å². The first kappa shape index (κ1) is 25.0. The molecule has 0 radical (unpaired) electrons. The molecule has 36 heavy (non-hydrogen) atoms. The second kappa shape index (κ2) is 10.4. The van der Waals surface area contributed by atoms with Crippen LogP contribution in [0.15, 0.2) is 36.4 Å². The number of para-hydroxylation sites is 1. The number of nitrogens with one attached hydrogen (secondary N) is 1. The summed E-state index contributed by atoms with van der Waals surface area (Å²) in [7, 11) is 0. The van der Waals surface area contributed by atoms with E-state index in [1.165, 1.54) is 0 Å². The van der Waals surface area contributed by atoms with E-state index in [-0.39, 0.29) is 43.1 Å². The van der Waals surface area contributed by atoms with Crippen molar-refractivity contribution in [3.05, 3.63) is 64.9 Å². The highest BCUT2D eigenvalue weighted by molar-refractivity contribution is 5.85. The third-order valence-electron chi connectivity index (χ3n) is 7.38. The third kappa shape index (κ3) is 4.71. The Kier molecular flexibility index (Phi) is 7.23. The first-order chi connectivity index (χ1) is 17.4. The van der Waals surface area contributed by atoms with Crippen molar-refractivity contribution in [1.29, 1.82) is 0 Å². The average molecular weight is 506 g/mol. The van der Waals surface area contributed by atoms with E-state index in [1.807, 2.05) is 36.1 Å². The van der Waals surface area contributed by atoms with Gasteiger partial charge in [0.2, 0.25) is 0 Å². The fourth-order valence-corrected chi connectivity index (χ4v) is 5.54. The number of aromatic nitrogens is 1. The lowest BCUT2D eigenvalue weighted by Crippen LogP contribution is -2.49. The van der Waals surface area contributed by atoms with Gasteiger partial charge in [-0.05, 0) is 25.0 Å². The molecule has 3 heterocycles. The molecule has 0 saturated carbocycles. The first-order valence-electron chi connectivity index (χ1n) is 12.4. The molecule has 2 aliphatic heterocycles. The van der Waals surface area contributed by atoms with Gasteiger partial charge in [0, 0.05) is 72.4 Å². The zero-order chi connectivity index (χ0) is 25.4. The molecule has 3 aromatic rings. The van der Waals surface area contributed by atoms with E-state index >= 15 is 8.78 Å². The molecule has 1 aromatic heterocycles. The number of aliphatic hydroxyl groups is 1. The molecule has 194 valence electrons. The summed E-state index contributed by atoms with van der Waals surface area (Å²) >= 11 is 0. The molecule has 3 atom stereocenters. The highest BCUT2D eigenvalue weighted by Crippen LogP contribution is 2.43. The Hall–Kier alpha value is -2.62. The predicted octanol–water partition coefficient (Wildman–Crippen LogP) is 4.39. The third-order valence-corrected chi connectivity index (χ3v) is 7.38. The summed E-state index contributed by atoms with van der Waals surface area (Å²) in [6, 6.07) is 8.89. The standard InChI is InChI=1S/C27H31F4N3O2/c1-16-8-21-20-4-2-3-5-24(20)32-26(21)27(34(16)14-18(29)15-35)25-22(30)9-19(10-23(25)31)36-7-6-33-12-17(11-28)13-33/h2-5,9-10,16-18,27,32,35H,6-8,11-15H2,1H3/t16-,18+,27?/m1/s1. The number of nitrogens with zero attached hydrogens (tertiary/aromatic N) is 2. The molecule has 5 nitrogen and oxygen atoms in total. The summed E-state index contributed by atoms with van der Waals surface area (Å²) < 4.78 is 63.7. The normalized spacial score (nSPS) is 21.9. The molecule has 1 unspecified atom stereocenters. The summed E-state index contributed by atoms with van der Waals surface area (Å²) in [5.74, 6) is -1.43. The van der Waals surface area contributed by atoms with Crippen LogP contribution in [-0.2, 0) is 6.42 Å². The van der Waals surface area contributed by atoms with Crippen LogP contribution in [0, 0.1) is 17.6 Å². The van der Waals surface area contributed by atoms with Gasteiger partial charge in [0.05, 0.1) is 19.3 Å². The number of halogens is 4. The SMILES string of the molecule is C[C@@H]1Cc2c([nH]c3ccccc23)C(c2c(F)cc(OCCN3CC(CF)C3)cc2F)N1C[C@H](F)CO. The number of H-pyrrole nitrogens is 1. The van der Waals surface area contributed by atoms with Crippen molar-refractivity contribution in [2.75, 3.05) is 46.1 Å². The largest absolute Gasteiger partial charge is 0.492 e. The molecular formula is C27H31F4N3O2. The van der Waals surface area contributed by atoms with Gasteiger partial charge in [0.1, 0.15) is 30.2 Å². The monoisotopic (exact) mass is 505 g/mol. The number of alkyl halides is 2. The van der Waals surface area contributed by atoms with Gasteiger partial charge in [-0.2, -0.15) is 0 Å². The van der Waals surface area contributed by atoms with E-state index in [1.54, 1.807) is 4.90 Å². The van der Waals surface area contributed by atoms with Crippen LogP contribution in [0.1, 0.15) is 29.8 Å². The van der Waals surface area contributed by atoms with Gasteiger partial charge in [-0.3, -0.25) is 14.2 Å². The van der Waals surface area contributed by atoms with E-state index in [4.69, 9.17) is 4.74 Å². The summed E-state index contributed by atoms with van der Waals surface area (Å²) in [4.78, 5) is 7.06. The average Bonchev–Trinajstić information content (AvgIpc) is 3.19. The lowest BCUT2D eigenvalue weighted by atomic mass is 9.88. The van der Waals surface area contributed by atoms with Crippen LogP contribution in [0.3, 0.4) is 0 Å². The number of likely N-dealkylation sites (tertiary alicyclic amines) is 1. The Balaban J connectivity index is 1.46. The molecule has 0 aliphatic carbocycles. The van der Waals surface area contributed by atoms with Crippen LogP contribution in [-0.4, -0.2) is 78.2 Å². The van der Waals surface area contributed by atoms with Crippen molar-refractivity contribution in [2.24, 2.45) is 5.92 Å². The van der Waals surface area contributed by atoms with Gasteiger partial charge < -0.3 is 14.8 Å². The van der Waals surface area contributed by atoms with Crippen LogP contribution < -0.4 is 4.74 Å². The lowest BCUT2D eigenvalue weighted by molar-refractivity contribution is 0.0666. The molecule has 5 rings (SSSR count). The Bertz CT molecular complexity index is 1190. The first-order valence-corrected chi connectivity index (χ1v) is 12.4. The van der Waals surface area contributed by atoms with E-state index in [2.05, 4.69) is 4.98 Å². The van der Waals surface area contributed by atoms with Crippen molar-refractivity contribution < 1.29 is 27.4 Å². The Labute approximate surface area is 207 Å². The number of aromatic amines is 1. The van der Waals surface area contributed by atoms with Crippen LogP contribution >= 0.6 is 0 Å². The second-order valence-corrected chi connectivity index (χ2v) is 9.92. The minimum absolute atomic E-state index is 0.0595. The van der Waals surface area contributed by atoms with Crippen molar-refractivity contribution in [3.8, 4) is 5.75 Å². The molecule has 2 N–H and O–H groups in total. The van der Waals surface area contributed by atoms with E-state index in [0.29, 0.717) is 31.7 Å². The molecule has 0 spiro atoms. The van der Waals surface area contributed by atoms with Gasteiger partial charge in [0.25, 0.3) is 0 Å². The number of benzene rings is 2. The summed E-state index contributed by atoms with van der Waals surface area (Å²) in [5.41, 5.74) is 2.26. The van der Waals surface area contributed by atoms with Crippen molar-refractivity contribution in [2.45, 2.75) is 31.6 Å². The Morgan fingerprint density at radius 2 is 1.89 bits per heavy atom. The quantitative estimate of drug-likeness (QED) is 0.424. The summed E-state index contributed by atoms with van der Waals surface area (Å²) in [6.45, 7) is 2.83. The number of fused-ring (bicyclic) bond motifs is 3. The van der Waals surface area contributed by atoms with Crippen molar-refractivity contribution in [1.82, 2.24) is 14.8 Å². The Morgan fingerprint density at radius 3 is 2.58 bits per heavy atom. The van der Waals surface area contributed by atoms with E-state index in [9.17, 15) is 13.9 Å². The van der Waals surface area contributed by atoms with Crippen molar-refractivity contribution in [3.63, 3.8) is 0 Å². The maximum atomic E-state index is 15.6. The summed E-state index contributed by atoms with van der Waals surface area (Å²) in [6.07, 6.45) is -0.967. The van der Waals surface area contributed by atoms with Gasteiger partial charge in [-0.15, -0.1) is 0 Å². The van der Waals surface area contributed by atoms with Gasteiger partial charge in [-0.1, -0.05) is 18.2 Å². The highest BCUT2D eigenvalue weighted by Gasteiger charge is 2.39. The predicted molar refractivity (Wildman–Crippen MR) is 130 cm³/mol. The molecule has 9 heteroatoms. The van der Waals surface area contributed by atoms with Crippen molar-refractivity contribution >= 4 is 10.9 Å². The number of aliphatic hydroxyl groups excluding tert-OH is 1. The maximum absolute atomic E-state index is 15.6. The minimum Gasteiger partial charge on any atom is -0.492 e. The molecule has 1 saturated heterocycles. The van der Waals surface area contributed by atoms with Gasteiger partial charge >= 0.3 is 0 Å². The smallest absolute Gasteiger partial charge is 0.136 e. The zero-order valence-corrected chi connectivity index (χ0v) is 20.2. The lowest BCUT2D eigenvalue weighted by Gasteiger charge is -2.41. The second-order valence-electron chi connectivity index (χ2n) is 9.92. The molecule has 1 fully saturated rings. The molecule has 2 aliphatic rings. The zero-order valence-electron chi connectivity index (χ0n) is 20.2. The maximum Gasteiger partial charge on any atom is 0.136 e. The molecule has 0 amide bonds. The molecule has 0 bridgehead atoms. The minimum atomic E-state index is -1.55. The van der Waals surface area contributed by atoms with E-state index < -0.39 is 30.5 Å².